The number of nitrogens with one attached hydrogen (secondary N) is 1. The normalized spacial score (nSPS) is 15.3. The van der Waals surface area contributed by atoms with Crippen molar-refractivity contribution in [3.63, 3.8) is 0 Å². The Morgan fingerprint density at radius 2 is 1.52 bits per heavy atom. The van der Waals surface area contributed by atoms with E-state index in [9.17, 15) is 18.8 Å². The summed E-state index contributed by atoms with van der Waals surface area (Å²) in [6, 6.07) is 24.7. The van der Waals surface area contributed by atoms with Crippen molar-refractivity contribution in [1.82, 2.24) is 19.4 Å². The van der Waals surface area contributed by atoms with Gasteiger partial charge in [-0.15, -0.1) is 0 Å². The van der Waals surface area contributed by atoms with E-state index in [1.54, 1.807) is 12.1 Å². The zero-order valence-corrected chi connectivity index (χ0v) is 38.1. The van der Waals surface area contributed by atoms with Crippen LogP contribution in [-0.4, -0.2) is 46.8 Å². The summed E-state index contributed by atoms with van der Waals surface area (Å²) in [5.74, 6) is 0.148. The maximum absolute atomic E-state index is 15.3. The molecule has 0 bridgehead atoms. The van der Waals surface area contributed by atoms with Crippen LogP contribution in [0.4, 0.5) is 20.2 Å². The lowest BCUT2D eigenvalue weighted by molar-refractivity contribution is 0.0657. The van der Waals surface area contributed by atoms with Gasteiger partial charge in [0.05, 0.1) is 11.3 Å². The predicted octanol–water partition coefficient (Wildman–Crippen LogP) is 11.1. The second-order valence-electron chi connectivity index (χ2n) is 17.7. The third-order valence-corrected chi connectivity index (χ3v) is 19.4. The fourth-order valence-corrected chi connectivity index (χ4v) is 15.3. The van der Waals surface area contributed by atoms with Crippen molar-refractivity contribution in [2.45, 2.75) is 117 Å². The van der Waals surface area contributed by atoms with Crippen LogP contribution in [0.2, 0.25) is 16.6 Å². The molecule has 3 aromatic carbocycles. The monoisotopic (exact) mass is 844 g/mol. The standard InChI is InChI=1S/C49H58F2N6O3Si/c1-29(2)61(30(3)4,31(5)6)60-41-17-15-39(16-18-41)57(45-24-40(26-52)56(34(45)9)49(50)51)48(59)42-25-46(54(10)33(42)8)43-22-36-19-20-53-27-38(36)23-44(43)47(58)55-28-37-14-12-11-13-35(37)21-32(55)7/h11-18,22-25,29-32,49,53H,19-21,27-28H2,1-10H3/t32-/m1/s1. The van der Waals surface area contributed by atoms with Gasteiger partial charge in [0.2, 0.25) is 0 Å². The molecule has 0 aliphatic carbocycles. The minimum Gasteiger partial charge on any atom is -0.543 e. The highest BCUT2D eigenvalue weighted by Crippen LogP contribution is 2.44. The smallest absolute Gasteiger partial charge is 0.319 e. The number of nitrogens with zero attached hydrogens (tertiary/aromatic N) is 5. The second kappa shape index (κ2) is 17.1. The number of benzene rings is 3. The van der Waals surface area contributed by atoms with Gasteiger partial charge in [0, 0.05) is 60.1 Å². The number of rotatable bonds is 11. The summed E-state index contributed by atoms with van der Waals surface area (Å²) < 4.78 is 38.5. The minimum absolute atomic E-state index is 0.0241. The molecule has 2 aromatic heterocycles. The van der Waals surface area contributed by atoms with E-state index in [1.807, 2.05) is 65.9 Å². The summed E-state index contributed by atoms with van der Waals surface area (Å²) in [4.78, 5) is 33.4. The SMILES string of the molecule is Cc1c(C(=O)N(c2ccc(O[Si](C(C)C)(C(C)C)C(C)C)cc2)c2cc(C#N)n(C(F)F)c2C)cc(-c2cc3c(cc2C(=O)N2Cc4ccccc4C[C@H]2C)CNCC3)n1C. The van der Waals surface area contributed by atoms with Crippen molar-refractivity contribution in [1.29, 1.82) is 5.26 Å². The van der Waals surface area contributed by atoms with Crippen LogP contribution in [0.5, 0.6) is 5.75 Å². The maximum atomic E-state index is 15.3. The average molecular weight is 845 g/mol. The third-order valence-electron chi connectivity index (χ3n) is 13.4. The van der Waals surface area contributed by atoms with Crippen molar-refractivity contribution >= 4 is 31.5 Å². The molecule has 2 aliphatic heterocycles. The Morgan fingerprint density at radius 1 is 0.869 bits per heavy atom. The van der Waals surface area contributed by atoms with Crippen LogP contribution in [-0.2, 0) is 33.0 Å². The minimum atomic E-state index is -2.99. The first-order valence-corrected chi connectivity index (χ1v) is 23.6. The molecule has 1 atom stereocenters. The van der Waals surface area contributed by atoms with Crippen molar-refractivity contribution in [3.05, 3.63) is 123 Å². The van der Waals surface area contributed by atoms with Gasteiger partial charge in [0.1, 0.15) is 17.5 Å². The molecule has 0 unspecified atom stereocenters. The molecule has 320 valence electrons. The first kappa shape index (κ1) is 43.6. The van der Waals surface area contributed by atoms with E-state index >= 15 is 4.79 Å². The molecule has 5 aromatic rings. The molecular weight excluding hydrogens is 787 g/mol. The van der Waals surface area contributed by atoms with Crippen LogP contribution in [0.1, 0.15) is 115 Å². The highest BCUT2D eigenvalue weighted by atomic mass is 28.4. The number of alkyl halides is 2. The zero-order chi connectivity index (χ0) is 44.1. The molecule has 0 saturated heterocycles. The number of hydrogen-bond acceptors (Lipinski definition) is 5. The molecule has 0 saturated carbocycles. The molecule has 2 aliphatic rings. The zero-order valence-electron chi connectivity index (χ0n) is 37.1. The van der Waals surface area contributed by atoms with Gasteiger partial charge < -0.3 is 19.2 Å². The molecule has 61 heavy (non-hydrogen) atoms. The third kappa shape index (κ3) is 7.71. The number of aromatic nitrogens is 2. The van der Waals surface area contributed by atoms with Crippen LogP contribution in [0, 0.1) is 25.2 Å². The number of carbonyl (C=O) groups excluding carboxylic acids is 2. The van der Waals surface area contributed by atoms with Gasteiger partial charge in [-0.3, -0.25) is 19.1 Å². The van der Waals surface area contributed by atoms with Gasteiger partial charge in [-0.05, 0) is 128 Å². The van der Waals surface area contributed by atoms with Gasteiger partial charge in [-0.2, -0.15) is 14.0 Å². The van der Waals surface area contributed by atoms with Crippen LogP contribution in [0.15, 0.2) is 72.8 Å². The van der Waals surface area contributed by atoms with E-state index < -0.39 is 20.8 Å². The molecule has 7 rings (SSSR count). The lowest BCUT2D eigenvalue weighted by atomic mass is 9.90. The molecule has 1 N–H and O–H groups in total. The molecule has 0 spiro atoms. The fraction of sp³-hybridized carbons (Fsp3) is 0.408. The molecule has 9 nitrogen and oxygen atoms in total. The van der Waals surface area contributed by atoms with E-state index in [0.717, 1.165) is 41.6 Å². The molecule has 0 fully saturated rings. The summed E-state index contributed by atoms with van der Waals surface area (Å²) in [6.07, 6.45) is 1.55. The summed E-state index contributed by atoms with van der Waals surface area (Å²) in [6.45, 7) is 17.7. The average Bonchev–Trinajstić information content (AvgIpc) is 3.72. The van der Waals surface area contributed by atoms with Crippen LogP contribution in [0.3, 0.4) is 0 Å². The van der Waals surface area contributed by atoms with E-state index in [-0.39, 0.29) is 29.0 Å². The fourth-order valence-electron chi connectivity index (χ4n) is 10.1. The maximum Gasteiger partial charge on any atom is 0.319 e. The number of anilines is 2. The van der Waals surface area contributed by atoms with E-state index in [2.05, 4.69) is 72.0 Å². The van der Waals surface area contributed by atoms with Crippen LogP contribution < -0.4 is 14.6 Å². The number of fused-ring (bicyclic) bond motifs is 2. The number of halogens is 2. The van der Waals surface area contributed by atoms with E-state index in [1.165, 1.54) is 23.5 Å². The van der Waals surface area contributed by atoms with Crippen molar-refractivity contribution < 1.29 is 22.8 Å². The summed E-state index contributed by atoms with van der Waals surface area (Å²) >= 11 is 0. The first-order chi connectivity index (χ1) is 29.0. The van der Waals surface area contributed by atoms with Gasteiger partial charge in [-0.1, -0.05) is 65.8 Å². The topological polar surface area (TPSA) is 95.5 Å². The predicted molar refractivity (Wildman–Crippen MR) is 240 cm³/mol. The summed E-state index contributed by atoms with van der Waals surface area (Å²) in [5.41, 5.74) is 9.00. The van der Waals surface area contributed by atoms with Crippen molar-refractivity contribution in [2.75, 3.05) is 11.4 Å². The van der Waals surface area contributed by atoms with Crippen molar-refractivity contribution in [2.24, 2.45) is 7.05 Å². The number of hydrogen-bond donors (Lipinski definition) is 1. The Hall–Kier alpha value is -5.51. The molecule has 0 radical (unpaired) electrons. The largest absolute Gasteiger partial charge is 0.543 e. The second-order valence-corrected chi connectivity index (χ2v) is 23.1. The molecular formula is C49H58F2N6O3Si. The van der Waals surface area contributed by atoms with Gasteiger partial charge in [0.15, 0.2) is 0 Å². The van der Waals surface area contributed by atoms with Crippen LogP contribution >= 0.6 is 0 Å². The number of nitriles is 1. The lowest BCUT2D eigenvalue weighted by Gasteiger charge is -2.42. The van der Waals surface area contributed by atoms with Gasteiger partial charge >= 0.3 is 6.55 Å². The van der Waals surface area contributed by atoms with E-state index in [4.69, 9.17) is 4.43 Å². The summed E-state index contributed by atoms with van der Waals surface area (Å²) in [7, 11) is -0.432. The van der Waals surface area contributed by atoms with Crippen molar-refractivity contribution in [3.8, 4) is 23.1 Å². The Balaban J connectivity index is 1.34. The summed E-state index contributed by atoms with van der Waals surface area (Å²) in [5, 5.41) is 13.4. The Bertz CT molecular complexity index is 2490. The number of carbonyl (C=O) groups is 2. The van der Waals surface area contributed by atoms with Gasteiger partial charge in [0.25, 0.3) is 20.1 Å². The lowest BCUT2D eigenvalue weighted by Crippen LogP contribution is -2.50. The molecule has 12 heteroatoms. The highest BCUT2D eigenvalue weighted by molar-refractivity contribution is 6.78. The molecule has 2 amide bonds. The van der Waals surface area contributed by atoms with Gasteiger partial charge in [-0.25, -0.2) is 0 Å². The Kier molecular flexibility index (Phi) is 12.2. The first-order valence-electron chi connectivity index (χ1n) is 21.4. The van der Waals surface area contributed by atoms with Crippen LogP contribution in [0.25, 0.3) is 11.3 Å². The Morgan fingerprint density at radius 3 is 2.13 bits per heavy atom. The molecule has 4 heterocycles. The van der Waals surface area contributed by atoms with E-state index in [0.29, 0.717) is 68.2 Å². The quantitative estimate of drug-likeness (QED) is 0.134. The highest BCUT2D eigenvalue weighted by Gasteiger charge is 2.47. The Labute approximate surface area is 360 Å². The number of amides is 2.